The number of piperazine rings is 1. The minimum atomic E-state index is 0.0783. The van der Waals surface area contributed by atoms with E-state index in [9.17, 15) is 4.79 Å². The lowest BCUT2D eigenvalue weighted by Gasteiger charge is -2.36. The molecule has 1 aromatic carbocycles. The molecule has 0 aromatic heterocycles. The van der Waals surface area contributed by atoms with Crippen molar-refractivity contribution in [1.82, 2.24) is 4.90 Å². The summed E-state index contributed by atoms with van der Waals surface area (Å²) in [5, 5.41) is 0. The second-order valence-electron chi connectivity index (χ2n) is 4.91. The number of benzene rings is 1. The highest BCUT2D eigenvalue weighted by Gasteiger charge is 2.22. The van der Waals surface area contributed by atoms with Crippen LogP contribution in [0.1, 0.15) is 13.8 Å². The average molecular weight is 292 g/mol. The Kier molecular flexibility index (Phi) is 5.87. The van der Waals surface area contributed by atoms with Crippen LogP contribution in [0.25, 0.3) is 0 Å². The zero-order valence-electron chi connectivity index (χ0n) is 12.9. The lowest BCUT2D eigenvalue weighted by molar-refractivity contribution is -0.136. The van der Waals surface area contributed by atoms with Gasteiger partial charge in [-0.25, -0.2) is 0 Å². The molecule has 5 heteroatoms. The fraction of sp³-hybridized carbons (Fsp3) is 0.562. The van der Waals surface area contributed by atoms with Gasteiger partial charge in [0.2, 0.25) is 5.91 Å². The molecule has 21 heavy (non-hydrogen) atoms. The Hall–Kier alpha value is -1.75. The molecule has 2 rings (SSSR count). The fourth-order valence-electron chi connectivity index (χ4n) is 2.47. The highest BCUT2D eigenvalue weighted by Crippen LogP contribution is 2.28. The molecule has 5 nitrogen and oxygen atoms in total. The molecule has 1 aliphatic heterocycles. The van der Waals surface area contributed by atoms with Crippen molar-refractivity contribution >= 4 is 11.6 Å². The van der Waals surface area contributed by atoms with Crippen molar-refractivity contribution in [2.75, 3.05) is 50.9 Å². The molecule has 1 aliphatic rings. The molecule has 1 heterocycles. The molecule has 0 saturated carbocycles. The number of nitrogens with zero attached hydrogens (tertiary/aromatic N) is 2. The summed E-state index contributed by atoms with van der Waals surface area (Å²) in [6.45, 7) is 8.41. The van der Waals surface area contributed by atoms with Gasteiger partial charge in [0.25, 0.3) is 0 Å². The first-order valence-corrected chi connectivity index (χ1v) is 7.58. The largest absolute Gasteiger partial charge is 0.492 e. The van der Waals surface area contributed by atoms with E-state index in [2.05, 4.69) is 11.0 Å². The Bertz CT molecular complexity index is 457. The quantitative estimate of drug-likeness (QED) is 0.801. The van der Waals surface area contributed by atoms with Crippen molar-refractivity contribution in [3.63, 3.8) is 0 Å². The van der Waals surface area contributed by atoms with Crippen LogP contribution in [0.2, 0.25) is 0 Å². The third-order valence-electron chi connectivity index (χ3n) is 3.57. The highest BCUT2D eigenvalue weighted by molar-refractivity contribution is 5.77. The number of carbonyl (C=O) groups is 1. The Balaban J connectivity index is 1.93. The van der Waals surface area contributed by atoms with Gasteiger partial charge in [0, 0.05) is 32.8 Å². The van der Waals surface area contributed by atoms with Crippen LogP contribution in [0.15, 0.2) is 24.3 Å². The number of anilines is 1. The van der Waals surface area contributed by atoms with Gasteiger partial charge in [-0.3, -0.25) is 4.79 Å². The SMILES string of the molecule is CCOCC(=O)N1CCN(c2ccccc2OCC)CC1. The van der Waals surface area contributed by atoms with Gasteiger partial charge >= 0.3 is 0 Å². The molecule has 0 N–H and O–H groups in total. The van der Waals surface area contributed by atoms with Crippen LogP contribution in [0.3, 0.4) is 0 Å². The van der Waals surface area contributed by atoms with Gasteiger partial charge in [-0.2, -0.15) is 0 Å². The lowest BCUT2D eigenvalue weighted by Crippen LogP contribution is -2.49. The van der Waals surface area contributed by atoms with Crippen molar-refractivity contribution in [1.29, 1.82) is 0 Å². The zero-order valence-corrected chi connectivity index (χ0v) is 12.9. The van der Waals surface area contributed by atoms with Crippen LogP contribution in [0, 0.1) is 0 Å². The Morgan fingerprint density at radius 1 is 1.10 bits per heavy atom. The topological polar surface area (TPSA) is 42.0 Å². The second-order valence-corrected chi connectivity index (χ2v) is 4.91. The van der Waals surface area contributed by atoms with Crippen LogP contribution >= 0.6 is 0 Å². The van der Waals surface area contributed by atoms with Crippen molar-refractivity contribution < 1.29 is 14.3 Å². The fourth-order valence-corrected chi connectivity index (χ4v) is 2.47. The maximum absolute atomic E-state index is 11.9. The van der Waals surface area contributed by atoms with Crippen molar-refractivity contribution in [2.45, 2.75) is 13.8 Å². The molecule has 0 radical (unpaired) electrons. The molecule has 0 bridgehead atoms. The number of hydrogen-bond donors (Lipinski definition) is 0. The monoisotopic (exact) mass is 292 g/mol. The second kappa shape index (κ2) is 7.88. The van der Waals surface area contributed by atoms with E-state index in [1.54, 1.807) is 0 Å². The standard InChI is InChI=1S/C16H24N2O3/c1-3-20-13-16(19)18-11-9-17(10-12-18)14-7-5-6-8-15(14)21-4-2/h5-8H,3-4,9-13H2,1-2H3. The zero-order chi connectivity index (χ0) is 15.1. The van der Waals surface area contributed by atoms with Crippen molar-refractivity contribution in [3.8, 4) is 5.75 Å². The minimum absolute atomic E-state index is 0.0783. The van der Waals surface area contributed by atoms with Gasteiger partial charge in [0.15, 0.2) is 0 Å². The molecular formula is C16H24N2O3. The smallest absolute Gasteiger partial charge is 0.248 e. The van der Waals surface area contributed by atoms with Gasteiger partial charge in [0.1, 0.15) is 12.4 Å². The first kappa shape index (κ1) is 15.6. The minimum Gasteiger partial charge on any atom is -0.492 e. The number of hydrogen-bond acceptors (Lipinski definition) is 4. The first-order valence-electron chi connectivity index (χ1n) is 7.58. The van der Waals surface area contributed by atoms with E-state index < -0.39 is 0 Å². The molecular weight excluding hydrogens is 268 g/mol. The van der Waals surface area contributed by atoms with E-state index in [1.165, 1.54) is 0 Å². The average Bonchev–Trinajstić information content (AvgIpc) is 2.53. The molecule has 116 valence electrons. The van der Waals surface area contributed by atoms with Gasteiger partial charge in [-0.05, 0) is 26.0 Å². The molecule has 0 unspecified atom stereocenters. The number of ether oxygens (including phenoxy) is 2. The normalized spacial score (nSPS) is 15.1. The third kappa shape index (κ3) is 4.11. The molecule has 1 aromatic rings. The molecule has 1 amide bonds. The van der Waals surface area contributed by atoms with E-state index in [-0.39, 0.29) is 12.5 Å². The number of carbonyl (C=O) groups excluding carboxylic acids is 1. The van der Waals surface area contributed by atoms with E-state index >= 15 is 0 Å². The van der Waals surface area contributed by atoms with Crippen molar-refractivity contribution in [2.24, 2.45) is 0 Å². The van der Waals surface area contributed by atoms with Crippen LogP contribution in [0.4, 0.5) is 5.69 Å². The molecule has 0 aliphatic carbocycles. The molecule has 1 fully saturated rings. The summed E-state index contributed by atoms with van der Waals surface area (Å²) in [6.07, 6.45) is 0. The summed E-state index contributed by atoms with van der Waals surface area (Å²) in [5.74, 6) is 0.990. The lowest BCUT2D eigenvalue weighted by atomic mass is 10.2. The maximum atomic E-state index is 11.9. The molecule has 1 saturated heterocycles. The van der Waals surface area contributed by atoms with Gasteiger partial charge in [0.05, 0.1) is 12.3 Å². The number of rotatable bonds is 6. The van der Waals surface area contributed by atoms with Crippen molar-refractivity contribution in [3.05, 3.63) is 24.3 Å². The van der Waals surface area contributed by atoms with Gasteiger partial charge in [-0.1, -0.05) is 12.1 Å². The Morgan fingerprint density at radius 3 is 2.48 bits per heavy atom. The molecule has 0 atom stereocenters. The predicted molar refractivity (Wildman–Crippen MR) is 82.9 cm³/mol. The van der Waals surface area contributed by atoms with E-state index in [0.29, 0.717) is 13.2 Å². The summed E-state index contributed by atoms with van der Waals surface area (Å²) in [7, 11) is 0. The van der Waals surface area contributed by atoms with E-state index in [1.807, 2.05) is 36.9 Å². The van der Waals surface area contributed by atoms with Gasteiger partial charge in [-0.15, -0.1) is 0 Å². The summed E-state index contributed by atoms with van der Waals surface area (Å²) in [4.78, 5) is 16.1. The van der Waals surface area contributed by atoms with Crippen LogP contribution in [-0.4, -0.2) is 56.8 Å². The first-order chi connectivity index (χ1) is 10.3. The summed E-state index contributed by atoms with van der Waals surface area (Å²) < 4.78 is 10.9. The summed E-state index contributed by atoms with van der Waals surface area (Å²) >= 11 is 0. The summed E-state index contributed by atoms with van der Waals surface area (Å²) in [5.41, 5.74) is 1.11. The maximum Gasteiger partial charge on any atom is 0.248 e. The summed E-state index contributed by atoms with van der Waals surface area (Å²) in [6, 6.07) is 8.06. The van der Waals surface area contributed by atoms with Crippen LogP contribution < -0.4 is 9.64 Å². The van der Waals surface area contributed by atoms with Crippen LogP contribution in [-0.2, 0) is 9.53 Å². The Morgan fingerprint density at radius 2 is 1.81 bits per heavy atom. The third-order valence-corrected chi connectivity index (χ3v) is 3.57. The van der Waals surface area contributed by atoms with E-state index in [0.717, 1.165) is 37.6 Å². The number of amides is 1. The predicted octanol–water partition coefficient (Wildman–Crippen LogP) is 1.77. The van der Waals surface area contributed by atoms with Gasteiger partial charge < -0.3 is 19.3 Å². The van der Waals surface area contributed by atoms with E-state index in [4.69, 9.17) is 9.47 Å². The number of para-hydroxylation sites is 2. The Labute approximate surface area is 126 Å². The van der Waals surface area contributed by atoms with Crippen LogP contribution in [0.5, 0.6) is 5.75 Å². The highest BCUT2D eigenvalue weighted by atomic mass is 16.5. The molecule has 0 spiro atoms.